The van der Waals surface area contributed by atoms with Crippen LogP contribution in [0.4, 0.5) is 0 Å². The molecule has 0 saturated heterocycles. The summed E-state index contributed by atoms with van der Waals surface area (Å²) in [5, 5.41) is 5.22. The number of hydrogen-bond acceptors (Lipinski definition) is 1. The zero-order valence-corrected chi connectivity index (χ0v) is 25.7. The van der Waals surface area contributed by atoms with Gasteiger partial charge in [0.2, 0.25) is 0 Å². The van der Waals surface area contributed by atoms with E-state index in [-0.39, 0.29) is 5.41 Å². The van der Waals surface area contributed by atoms with Gasteiger partial charge in [-0.25, -0.2) is 0 Å². The molecule has 3 heteroatoms. The van der Waals surface area contributed by atoms with E-state index >= 15 is 0 Å². The Balaban J connectivity index is 1.40. The van der Waals surface area contributed by atoms with Crippen LogP contribution in [0, 0.1) is 0 Å². The van der Waals surface area contributed by atoms with Gasteiger partial charge in [0.15, 0.2) is 0 Å². The molecule has 1 aliphatic carbocycles. The molecule has 0 aliphatic heterocycles. The fourth-order valence-electron chi connectivity index (χ4n) is 7.30. The Bertz CT molecular complexity index is 2400. The lowest BCUT2D eigenvalue weighted by atomic mass is 9.82. The second kappa shape index (κ2) is 8.67. The maximum absolute atomic E-state index is 3.84. The number of fused-ring (bicyclic) bond motifs is 9. The molecule has 0 fully saturated rings. The van der Waals surface area contributed by atoms with Gasteiger partial charge in [-0.3, -0.25) is 0 Å². The van der Waals surface area contributed by atoms with Gasteiger partial charge in [0.1, 0.15) is 0 Å². The van der Waals surface area contributed by atoms with Crippen LogP contribution in [0.2, 0.25) is 0 Å². The fourth-order valence-corrected chi connectivity index (χ4v) is 8.88. The number of benzene rings is 6. The predicted molar refractivity (Wildman–Crippen MR) is 184 cm³/mol. The molecule has 2 aromatic heterocycles. The molecule has 0 N–H and O–H groups in total. The highest BCUT2D eigenvalue weighted by Gasteiger charge is 2.36. The van der Waals surface area contributed by atoms with Gasteiger partial charge in [-0.2, -0.15) is 0 Å². The normalized spacial score (nSPS) is 13.8. The fraction of sp³-hybridized carbons (Fsp3) is 0.0769. The molecule has 1 aliphatic rings. The van der Waals surface area contributed by atoms with Crippen molar-refractivity contribution in [1.29, 1.82) is 0 Å². The van der Waals surface area contributed by atoms with Crippen molar-refractivity contribution in [1.82, 2.24) is 4.57 Å². The van der Waals surface area contributed by atoms with Gasteiger partial charge in [-0.15, -0.1) is 11.3 Å². The maximum Gasteiger partial charge on any atom is 0.0552 e. The SMILES string of the molecule is CC1(C)c2ccccc2-c2cc3c4ccccc4n(-c4cc(Br)ccc4-c4cccc5c4sc4ccccc45)c3cc21. The molecule has 0 bridgehead atoms. The van der Waals surface area contributed by atoms with Crippen molar-refractivity contribution in [2.75, 3.05) is 0 Å². The van der Waals surface area contributed by atoms with Gasteiger partial charge < -0.3 is 4.57 Å². The second-order valence-electron chi connectivity index (χ2n) is 11.9. The zero-order chi connectivity index (χ0) is 28.2. The van der Waals surface area contributed by atoms with Gasteiger partial charge >= 0.3 is 0 Å². The number of thiophene rings is 1. The van der Waals surface area contributed by atoms with E-state index in [0.717, 1.165) is 4.47 Å². The third kappa shape index (κ3) is 3.24. The van der Waals surface area contributed by atoms with Crippen molar-refractivity contribution < 1.29 is 0 Å². The molecule has 2 heterocycles. The number of hydrogen-bond donors (Lipinski definition) is 0. The standard InChI is InChI=1S/C39H26BrNS/c1-39(2)32-15-6-3-10-24(32)30-21-31-25-11-4-7-16-34(25)41(36(31)22-33(30)39)35-20-23(40)18-19-26(35)28-13-9-14-29-27-12-5-8-17-37(27)42-38(28)29/h3-22H,1-2H3. The van der Waals surface area contributed by atoms with Gasteiger partial charge in [0, 0.05) is 52.0 Å². The van der Waals surface area contributed by atoms with Crippen LogP contribution in [-0.4, -0.2) is 4.57 Å². The van der Waals surface area contributed by atoms with Crippen molar-refractivity contribution in [3.05, 3.63) is 137 Å². The summed E-state index contributed by atoms with van der Waals surface area (Å²) in [6.45, 7) is 4.73. The monoisotopic (exact) mass is 619 g/mol. The summed E-state index contributed by atoms with van der Waals surface area (Å²) in [6.07, 6.45) is 0. The average Bonchev–Trinajstić information content (AvgIpc) is 3.62. The molecule has 0 radical (unpaired) electrons. The van der Waals surface area contributed by atoms with Gasteiger partial charge in [-0.1, -0.05) is 115 Å². The lowest BCUT2D eigenvalue weighted by molar-refractivity contribution is 0.661. The van der Waals surface area contributed by atoms with E-state index in [0.29, 0.717) is 0 Å². The van der Waals surface area contributed by atoms with Crippen LogP contribution < -0.4 is 0 Å². The Hall–Kier alpha value is -4.18. The van der Waals surface area contributed by atoms with Crippen LogP contribution in [0.25, 0.3) is 69.9 Å². The molecule has 0 unspecified atom stereocenters. The highest BCUT2D eigenvalue weighted by atomic mass is 79.9. The molecular formula is C39H26BrNS. The summed E-state index contributed by atoms with van der Waals surface area (Å²) in [5.41, 5.74) is 11.6. The van der Waals surface area contributed by atoms with Crippen molar-refractivity contribution in [2.45, 2.75) is 19.3 Å². The third-order valence-corrected chi connectivity index (χ3v) is 11.0. The molecule has 9 rings (SSSR count). The quantitative estimate of drug-likeness (QED) is 0.181. The Labute approximate surface area is 256 Å². The Morgan fingerprint density at radius 2 is 1.29 bits per heavy atom. The first-order chi connectivity index (χ1) is 20.5. The second-order valence-corrected chi connectivity index (χ2v) is 13.8. The molecule has 8 aromatic rings. The van der Waals surface area contributed by atoms with E-state index in [1.54, 1.807) is 0 Å². The highest BCUT2D eigenvalue weighted by Crippen LogP contribution is 2.51. The van der Waals surface area contributed by atoms with Crippen LogP contribution in [-0.2, 0) is 5.41 Å². The minimum absolute atomic E-state index is 0.0653. The number of para-hydroxylation sites is 1. The predicted octanol–water partition coefficient (Wildman–Crippen LogP) is 11.9. The van der Waals surface area contributed by atoms with E-state index in [1.807, 2.05) is 11.3 Å². The van der Waals surface area contributed by atoms with Crippen LogP contribution in [0.5, 0.6) is 0 Å². The molecule has 0 atom stereocenters. The summed E-state index contributed by atoms with van der Waals surface area (Å²) >= 11 is 5.73. The van der Waals surface area contributed by atoms with E-state index in [4.69, 9.17) is 0 Å². The summed E-state index contributed by atoms with van der Waals surface area (Å²) in [4.78, 5) is 0. The minimum atomic E-state index is -0.0653. The average molecular weight is 621 g/mol. The van der Waals surface area contributed by atoms with Crippen LogP contribution in [0.1, 0.15) is 25.0 Å². The Morgan fingerprint density at radius 3 is 2.19 bits per heavy atom. The number of nitrogens with zero attached hydrogens (tertiary/aromatic N) is 1. The van der Waals surface area contributed by atoms with E-state index in [9.17, 15) is 0 Å². The number of aromatic nitrogens is 1. The summed E-state index contributed by atoms with van der Waals surface area (Å²) in [5.74, 6) is 0. The smallest absolute Gasteiger partial charge is 0.0552 e. The molecule has 200 valence electrons. The Morgan fingerprint density at radius 1 is 0.548 bits per heavy atom. The van der Waals surface area contributed by atoms with Crippen molar-refractivity contribution >= 4 is 69.2 Å². The van der Waals surface area contributed by atoms with Crippen molar-refractivity contribution in [3.8, 4) is 27.9 Å². The van der Waals surface area contributed by atoms with Crippen LogP contribution >= 0.6 is 27.3 Å². The highest BCUT2D eigenvalue weighted by molar-refractivity contribution is 9.10. The lowest BCUT2D eigenvalue weighted by Crippen LogP contribution is -2.15. The topological polar surface area (TPSA) is 4.93 Å². The van der Waals surface area contributed by atoms with Crippen molar-refractivity contribution in [3.63, 3.8) is 0 Å². The zero-order valence-electron chi connectivity index (χ0n) is 23.3. The summed E-state index contributed by atoms with van der Waals surface area (Å²) in [7, 11) is 0. The van der Waals surface area contributed by atoms with E-state index in [2.05, 4.69) is 156 Å². The summed E-state index contributed by atoms with van der Waals surface area (Å²) < 4.78 is 6.23. The summed E-state index contributed by atoms with van der Waals surface area (Å²) in [6, 6.07) is 45.0. The third-order valence-electron chi connectivity index (χ3n) is 9.27. The van der Waals surface area contributed by atoms with E-state index in [1.165, 1.54) is 81.0 Å². The largest absolute Gasteiger partial charge is 0.309 e. The van der Waals surface area contributed by atoms with Gasteiger partial charge in [0.25, 0.3) is 0 Å². The first-order valence-corrected chi connectivity index (χ1v) is 16.0. The Kier molecular flexibility index (Phi) is 5.04. The van der Waals surface area contributed by atoms with Gasteiger partial charge in [-0.05, 0) is 58.7 Å². The number of halogens is 1. The van der Waals surface area contributed by atoms with E-state index < -0.39 is 0 Å². The molecule has 0 saturated carbocycles. The van der Waals surface area contributed by atoms with Crippen LogP contribution in [0.3, 0.4) is 0 Å². The van der Waals surface area contributed by atoms with Crippen LogP contribution in [0.15, 0.2) is 126 Å². The molecule has 0 amide bonds. The molecule has 0 spiro atoms. The lowest BCUT2D eigenvalue weighted by Gasteiger charge is -2.22. The van der Waals surface area contributed by atoms with Gasteiger partial charge in [0.05, 0.1) is 16.7 Å². The molecular weight excluding hydrogens is 594 g/mol. The molecule has 1 nitrogen and oxygen atoms in total. The number of rotatable bonds is 2. The first kappa shape index (κ1) is 24.4. The molecule has 6 aromatic carbocycles. The first-order valence-electron chi connectivity index (χ1n) is 14.4. The van der Waals surface area contributed by atoms with Crippen molar-refractivity contribution in [2.24, 2.45) is 0 Å². The maximum atomic E-state index is 3.84. The molecule has 42 heavy (non-hydrogen) atoms. The minimum Gasteiger partial charge on any atom is -0.309 e.